The summed E-state index contributed by atoms with van der Waals surface area (Å²) in [5.41, 5.74) is 0. The summed E-state index contributed by atoms with van der Waals surface area (Å²) in [5, 5.41) is 0. The van der Waals surface area contributed by atoms with Crippen molar-refractivity contribution in [2.24, 2.45) is 0 Å². The Hall–Kier alpha value is -0.440. The number of allylic oxidation sites excluding steroid dienone is 1. The molecule has 0 fully saturated rings. The first-order valence-electron chi connectivity index (χ1n) is 6.59. The first-order valence-corrected chi connectivity index (χ1v) is 7.58. The van der Waals surface area contributed by atoms with Crippen LogP contribution in [0.4, 0.5) is 0 Å². The molecule has 0 aliphatic rings. The predicted molar refractivity (Wildman–Crippen MR) is 76.2 cm³/mol. The summed E-state index contributed by atoms with van der Waals surface area (Å²) in [4.78, 5) is 11.8. The minimum Gasteiger partial charge on any atom is -0.462 e. The molecule has 0 aliphatic carbocycles. The predicted octanol–water partition coefficient (Wildman–Crippen LogP) is 4.55. The van der Waals surface area contributed by atoms with Gasteiger partial charge in [0.25, 0.3) is 0 Å². The minimum absolute atomic E-state index is 0.213. The number of rotatable bonds is 10. The van der Waals surface area contributed by atoms with Gasteiger partial charge in [-0.15, -0.1) is 11.8 Å². The molecule has 17 heavy (non-hydrogen) atoms. The smallest absolute Gasteiger partial charge is 0.302 e. The summed E-state index contributed by atoms with van der Waals surface area (Å²) in [5.74, 6) is 0.962. The van der Waals surface area contributed by atoms with Crippen molar-refractivity contribution in [2.45, 2.75) is 59.3 Å². The van der Waals surface area contributed by atoms with Gasteiger partial charge in [-0.3, -0.25) is 4.79 Å². The van der Waals surface area contributed by atoms with E-state index in [9.17, 15) is 4.79 Å². The minimum atomic E-state index is -0.213. The lowest BCUT2D eigenvalue weighted by atomic mass is 10.1. The molecule has 0 spiro atoms. The Labute approximate surface area is 110 Å². The third kappa shape index (κ3) is 13.5. The summed E-state index contributed by atoms with van der Waals surface area (Å²) >= 11 is 1.86. The van der Waals surface area contributed by atoms with E-state index in [1.165, 1.54) is 56.1 Å². The van der Waals surface area contributed by atoms with Gasteiger partial charge in [0.05, 0.1) is 0 Å². The highest BCUT2D eigenvalue weighted by Gasteiger charge is 1.94. The second-order valence-corrected chi connectivity index (χ2v) is 5.57. The zero-order valence-corrected chi connectivity index (χ0v) is 12.3. The van der Waals surface area contributed by atoms with Crippen LogP contribution in [-0.4, -0.2) is 18.3 Å². The van der Waals surface area contributed by atoms with Crippen molar-refractivity contribution in [2.75, 3.05) is 12.4 Å². The molecule has 0 N–H and O–H groups in total. The molecule has 0 aromatic heterocycles. The molecule has 0 aromatic carbocycles. The van der Waals surface area contributed by atoms with E-state index in [1.54, 1.807) is 0 Å². The number of hydrogen-bond donors (Lipinski definition) is 0. The SMILES string of the molecule is CCCCCCCCS/C(C)=C\COC(C)=O. The zero-order valence-electron chi connectivity index (χ0n) is 11.5. The van der Waals surface area contributed by atoms with Gasteiger partial charge in [0.15, 0.2) is 0 Å². The Kier molecular flexibility index (Phi) is 11.7. The van der Waals surface area contributed by atoms with Gasteiger partial charge < -0.3 is 4.74 Å². The maximum absolute atomic E-state index is 10.6. The molecule has 0 saturated heterocycles. The Morgan fingerprint density at radius 3 is 2.41 bits per heavy atom. The Morgan fingerprint density at radius 1 is 1.12 bits per heavy atom. The summed E-state index contributed by atoms with van der Waals surface area (Å²) < 4.78 is 4.86. The van der Waals surface area contributed by atoms with Crippen molar-refractivity contribution < 1.29 is 9.53 Å². The molecule has 0 rings (SSSR count). The lowest BCUT2D eigenvalue weighted by Gasteiger charge is -2.03. The van der Waals surface area contributed by atoms with E-state index in [0.29, 0.717) is 6.61 Å². The molecule has 2 nitrogen and oxygen atoms in total. The molecule has 0 radical (unpaired) electrons. The van der Waals surface area contributed by atoms with Crippen LogP contribution in [0.25, 0.3) is 0 Å². The van der Waals surface area contributed by atoms with Gasteiger partial charge in [-0.25, -0.2) is 0 Å². The van der Waals surface area contributed by atoms with Crippen LogP contribution >= 0.6 is 11.8 Å². The highest BCUT2D eigenvalue weighted by molar-refractivity contribution is 8.03. The second kappa shape index (κ2) is 12.0. The van der Waals surface area contributed by atoms with Crippen LogP contribution in [-0.2, 0) is 9.53 Å². The van der Waals surface area contributed by atoms with Gasteiger partial charge in [0, 0.05) is 6.92 Å². The van der Waals surface area contributed by atoms with Crippen LogP contribution < -0.4 is 0 Å². The summed E-state index contributed by atoms with van der Waals surface area (Å²) in [6.45, 7) is 6.16. The number of carbonyl (C=O) groups is 1. The third-order valence-corrected chi connectivity index (χ3v) is 3.60. The van der Waals surface area contributed by atoms with Crippen molar-refractivity contribution in [3.05, 3.63) is 11.0 Å². The average molecular weight is 258 g/mol. The lowest BCUT2D eigenvalue weighted by molar-refractivity contribution is -0.139. The zero-order chi connectivity index (χ0) is 12.9. The normalized spacial score (nSPS) is 11.6. The van der Waals surface area contributed by atoms with Crippen molar-refractivity contribution in [3.8, 4) is 0 Å². The van der Waals surface area contributed by atoms with Gasteiger partial charge in [-0.1, -0.05) is 39.0 Å². The van der Waals surface area contributed by atoms with E-state index in [2.05, 4.69) is 13.8 Å². The molecule has 0 unspecified atom stereocenters. The monoisotopic (exact) mass is 258 g/mol. The fraction of sp³-hybridized carbons (Fsp3) is 0.786. The Bertz CT molecular complexity index is 224. The molecule has 0 atom stereocenters. The van der Waals surface area contributed by atoms with E-state index < -0.39 is 0 Å². The molecule has 100 valence electrons. The number of thioether (sulfide) groups is 1. The van der Waals surface area contributed by atoms with Crippen LogP contribution in [0.1, 0.15) is 59.3 Å². The number of carbonyl (C=O) groups excluding carboxylic acids is 1. The molecule has 3 heteroatoms. The van der Waals surface area contributed by atoms with Crippen molar-refractivity contribution in [3.63, 3.8) is 0 Å². The summed E-state index contributed by atoms with van der Waals surface area (Å²) in [6.07, 6.45) is 10.0. The van der Waals surface area contributed by atoms with E-state index in [1.807, 2.05) is 17.8 Å². The van der Waals surface area contributed by atoms with Crippen molar-refractivity contribution in [1.29, 1.82) is 0 Å². The van der Waals surface area contributed by atoms with Gasteiger partial charge in [0.2, 0.25) is 0 Å². The second-order valence-electron chi connectivity index (χ2n) is 4.23. The van der Waals surface area contributed by atoms with Gasteiger partial charge in [0.1, 0.15) is 6.61 Å². The topological polar surface area (TPSA) is 26.3 Å². The van der Waals surface area contributed by atoms with Crippen LogP contribution in [0.5, 0.6) is 0 Å². The standard InChI is InChI=1S/C14H26O2S/c1-4-5-6-7-8-9-12-17-13(2)10-11-16-14(3)15/h10H,4-9,11-12H2,1-3H3/b13-10-. The van der Waals surface area contributed by atoms with Gasteiger partial charge >= 0.3 is 5.97 Å². The largest absolute Gasteiger partial charge is 0.462 e. The fourth-order valence-electron chi connectivity index (χ4n) is 1.45. The maximum Gasteiger partial charge on any atom is 0.302 e. The highest BCUT2D eigenvalue weighted by atomic mass is 32.2. The average Bonchev–Trinajstić information content (AvgIpc) is 2.27. The van der Waals surface area contributed by atoms with E-state index in [0.717, 1.165) is 0 Å². The molecule has 0 aliphatic heterocycles. The number of unbranched alkanes of at least 4 members (excludes halogenated alkanes) is 5. The molecule has 0 aromatic rings. The van der Waals surface area contributed by atoms with Crippen LogP contribution in [0.2, 0.25) is 0 Å². The number of hydrogen-bond acceptors (Lipinski definition) is 3. The van der Waals surface area contributed by atoms with E-state index >= 15 is 0 Å². The lowest BCUT2D eigenvalue weighted by Crippen LogP contribution is -1.97. The van der Waals surface area contributed by atoms with Gasteiger partial charge in [-0.05, 0) is 30.1 Å². The molecule has 0 bridgehead atoms. The number of esters is 1. The van der Waals surface area contributed by atoms with Gasteiger partial charge in [-0.2, -0.15) is 0 Å². The quantitative estimate of drug-likeness (QED) is 0.425. The van der Waals surface area contributed by atoms with Crippen molar-refractivity contribution in [1.82, 2.24) is 0 Å². The summed E-state index contributed by atoms with van der Waals surface area (Å²) in [6, 6.07) is 0. The van der Waals surface area contributed by atoms with E-state index in [4.69, 9.17) is 4.74 Å². The molecular weight excluding hydrogens is 232 g/mol. The van der Waals surface area contributed by atoms with Crippen molar-refractivity contribution >= 4 is 17.7 Å². The number of ether oxygens (including phenoxy) is 1. The molecule has 0 heterocycles. The summed E-state index contributed by atoms with van der Waals surface area (Å²) in [7, 11) is 0. The molecule has 0 amide bonds. The maximum atomic E-state index is 10.6. The van der Waals surface area contributed by atoms with Crippen LogP contribution in [0.3, 0.4) is 0 Å². The Balaban J connectivity index is 3.32. The molecular formula is C14H26O2S. The Morgan fingerprint density at radius 2 is 1.76 bits per heavy atom. The first kappa shape index (κ1) is 16.6. The van der Waals surface area contributed by atoms with E-state index in [-0.39, 0.29) is 5.97 Å². The van der Waals surface area contributed by atoms with Crippen LogP contribution in [0, 0.1) is 0 Å². The fourth-order valence-corrected chi connectivity index (χ4v) is 2.31. The molecule has 0 saturated carbocycles. The third-order valence-electron chi connectivity index (χ3n) is 2.49. The highest BCUT2D eigenvalue weighted by Crippen LogP contribution is 2.17. The first-order chi connectivity index (χ1) is 8.16. The van der Waals surface area contributed by atoms with Crippen LogP contribution in [0.15, 0.2) is 11.0 Å².